The van der Waals surface area contributed by atoms with Crippen LogP contribution in [0.3, 0.4) is 0 Å². The summed E-state index contributed by atoms with van der Waals surface area (Å²) >= 11 is 0. The van der Waals surface area contributed by atoms with Crippen molar-refractivity contribution in [3.8, 4) is 11.5 Å². The molecular formula is C14H23NO4. The molecule has 2 N–H and O–H groups in total. The van der Waals surface area contributed by atoms with E-state index in [0.29, 0.717) is 37.9 Å². The number of rotatable bonds is 10. The summed E-state index contributed by atoms with van der Waals surface area (Å²) in [5.74, 6) is 1.41. The van der Waals surface area contributed by atoms with Gasteiger partial charge in [0, 0.05) is 26.9 Å². The van der Waals surface area contributed by atoms with Gasteiger partial charge in [-0.2, -0.15) is 0 Å². The molecule has 0 aliphatic rings. The van der Waals surface area contributed by atoms with Gasteiger partial charge in [0.15, 0.2) is 11.5 Å². The van der Waals surface area contributed by atoms with E-state index in [9.17, 15) is 0 Å². The van der Waals surface area contributed by atoms with Crippen LogP contribution in [0.1, 0.15) is 12.0 Å². The number of nitrogens with two attached hydrogens (primary N) is 1. The lowest BCUT2D eigenvalue weighted by Crippen LogP contribution is -2.09. The molecule has 0 atom stereocenters. The quantitative estimate of drug-likeness (QED) is 0.653. The average molecular weight is 269 g/mol. The number of ether oxygens (including phenoxy) is 4. The fourth-order valence-electron chi connectivity index (χ4n) is 1.58. The van der Waals surface area contributed by atoms with E-state index in [1.807, 2.05) is 18.2 Å². The first kappa shape index (κ1) is 15.8. The van der Waals surface area contributed by atoms with Crippen molar-refractivity contribution in [2.75, 3.05) is 40.6 Å². The highest BCUT2D eigenvalue weighted by Crippen LogP contribution is 2.27. The zero-order valence-corrected chi connectivity index (χ0v) is 11.7. The van der Waals surface area contributed by atoms with Crippen molar-refractivity contribution in [2.45, 2.75) is 13.0 Å². The SMILES string of the molecule is COCCCOCCOc1ccc(CN)cc1OC. The van der Waals surface area contributed by atoms with E-state index in [0.717, 1.165) is 18.6 Å². The standard InChI is InChI=1S/C14H23NO4/c1-16-6-3-7-18-8-9-19-13-5-4-12(11-15)10-14(13)17-2/h4-5,10H,3,6-9,11,15H2,1-2H3. The van der Waals surface area contributed by atoms with Crippen molar-refractivity contribution >= 4 is 0 Å². The minimum Gasteiger partial charge on any atom is -0.493 e. The summed E-state index contributed by atoms with van der Waals surface area (Å²) in [6.07, 6.45) is 0.894. The van der Waals surface area contributed by atoms with E-state index >= 15 is 0 Å². The van der Waals surface area contributed by atoms with Gasteiger partial charge in [0.25, 0.3) is 0 Å². The molecule has 1 aromatic rings. The summed E-state index contributed by atoms with van der Waals surface area (Å²) < 4.78 is 21.2. The zero-order valence-electron chi connectivity index (χ0n) is 11.7. The number of benzene rings is 1. The predicted molar refractivity (Wildman–Crippen MR) is 73.7 cm³/mol. The molecular weight excluding hydrogens is 246 g/mol. The van der Waals surface area contributed by atoms with Crippen molar-refractivity contribution < 1.29 is 18.9 Å². The van der Waals surface area contributed by atoms with Crippen LogP contribution in [0.2, 0.25) is 0 Å². The van der Waals surface area contributed by atoms with Crippen LogP contribution in [0, 0.1) is 0 Å². The number of hydrogen-bond acceptors (Lipinski definition) is 5. The summed E-state index contributed by atoms with van der Waals surface area (Å²) in [4.78, 5) is 0. The van der Waals surface area contributed by atoms with Gasteiger partial charge in [0.2, 0.25) is 0 Å². The van der Waals surface area contributed by atoms with Gasteiger partial charge < -0.3 is 24.7 Å². The van der Waals surface area contributed by atoms with E-state index in [-0.39, 0.29) is 0 Å². The van der Waals surface area contributed by atoms with Gasteiger partial charge in [0.05, 0.1) is 13.7 Å². The van der Waals surface area contributed by atoms with Crippen molar-refractivity contribution in [1.82, 2.24) is 0 Å². The molecule has 1 aromatic carbocycles. The van der Waals surface area contributed by atoms with Gasteiger partial charge in [-0.3, -0.25) is 0 Å². The average Bonchev–Trinajstić information content (AvgIpc) is 2.46. The van der Waals surface area contributed by atoms with Crippen molar-refractivity contribution in [3.05, 3.63) is 23.8 Å². The first-order valence-corrected chi connectivity index (χ1v) is 6.38. The third-order valence-corrected chi connectivity index (χ3v) is 2.59. The Morgan fingerprint density at radius 3 is 2.53 bits per heavy atom. The molecule has 0 spiro atoms. The molecule has 0 aliphatic heterocycles. The summed E-state index contributed by atoms with van der Waals surface area (Å²) in [6, 6.07) is 5.68. The lowest BCUT2D eigenvalue weighted by Gasteiger charge is -2.12. The first-order chi connectivity index (χ1) is 9.31. The molecule has 0 saturated heterocycles. The van der Waals surface area contributed by atoms with Gasteiger partial charge in [-0.1, -0.05) is 6.07 Å². The maximum absolute atomic E-state index is 5.61. The summed E-state index contributed by atoms with van der Waals surface area (Å²) in [6.45, 7) is 2.92. The lowest BCUT2D eigenvalue weighted by atomic mass is 10.2. The van der Waals surface area contributed by atoms with Crippen molar-refractivity contribution in [3.63, 3.8) is 0 Å². The molecule has 5 nitrogen and oxygen atoms in total. The highest BCUT2D eigenvalue weighted by molar-refractivity contribution is 5.42. The van der Waals surface area contributed by atoms with Crippen LogP contribution < -0.4 is 15.2 Å². The van der Waals surface area contributed by atoms with Crippen molar-refractivity contribution in [2.24, 2.45) is 5.73 Å². The molecule has 19 heavy (non-hydrogen) atoms. The Kier molecular flexibility index (Phi) is 7.97. The van der Waals surface area contributed by atoms with Gasteiger partial charge in [-0.15, -0.1) is 0 Å². The van der Waals surface area contributed by atoms with E-state index in [2.05, 4.69) is 0 Å². The fraction of sp³-hybridized carbons (Fsp3) is 0.571. The third kappa shape index (κ3) is 5.92. The minimum absolute atomic E-state index is 0.485. The summed E-state index contributed by atoms with van der Waals surface area (Å²) in [5.41, 5.74) is 6.59. The molecule has 5 heteroatoms. The summed E-state index contributed by atoms with van der Waals surface area (Å²) in [5, 5.41) is 0. The van der Waals surface area contributed by atoms with Crippen LogP contribution >= 0.6 is 0 Å². The Morgan fingerprint density at radius 2 is 1.84 bits per heavy atom. The van der Waals surface area contributed by atoms with E-state index < -0.39 is 0 Å². The van der Waals surface area contributed by atoms with Gasteiger partial charge in [-0.05, 0) is 24.1 Å². The second-order valence-corrected chi connectivity index (χ2v) is 4.00. The second-order valence-electron chi connectivity index (χ2n) is 4.00. The maximum atomic E-state index is 5.61. The normalized spacial score (nSPS) is 10.5. The van der Waals surface area contributed by atoms with Crippen LogP contribution in [0.25, 0.3) is 0 Å². The van der Waals surface area contributed by atoms with Crippen LogP contribution in [-0.4, -0.2) is 40.6 Å². The second kappa shape index (κ2) is 9.61. The van der Waals surface area contributed by atoms with Crippen LogP contribution in [0.4, 0.5) is 0 Å². The largest absolute Gasteiger partial charge is 0.493 e. The molecule has 0 unspecified atom stereocenters. The van der Waals surface area contributed by atoms with E-state index in [1.54, 1.807) is 14.2 Å². The van der Waals surface area contributed by atoms with Gasteiger partial charge in [0.1, 0.15) is 6.61 Å². The smallest absolute Gasteiger partial charge is 0.161 e. The molecule has 0 fully saturated rings. The molecule has 0 amide bonds. The highest BCUT2D eigenvalue weighted by Gasteiger charge is 2.04. The van der Waals surface area contributed by atoms with Crippen molar-refractivity contribution in [1.29, 1.82) is 0 Å². The Bertz CT molecular complexity index is 357. The fourth-order valence-corrected chi connectivity index (χ4v) is 1.58. The van der Waals surface area contributed by atoms with Crippen LogP contribution in [-0.2, 0) is 16.0 Å². The van der Waals surface area contributed by atoms with Crippen LogP contribution in [0.5, 0.6) is 11.5 Å². The molecule has 0 bridgehead atoms. The molecule has 0 aliphatic carbocycles. The topological polar surface area (TPSA) is 62.9 Å². The van der Waals surface area contributed by atoms with E-state index in [4.69, 9.17) is 24.7 Å². The Morgan fingerprint density at radius 1 is 1.00 bits per heavy atom. The first-order valence-electron chi connectivity index (χ1n) is 6.38. The third-order valence-electron chi connectivity index (χ3n) is 2.59. The predicted octanol–water partition coefficient (Wildman–Crippen LogP) is 1.59. The van der Waals surface area contributed by atoms with Gasteiger partial charge in [-0.25, -0.2) is 0 Å². The lowest BCUT2D eigenvalue weighted by molar-refractivity contribution is 0.0799. The minimum atomic E-state index is 0.485. The van der Waals surface area contributed by atoms with E-state index in [1.165, 1.54) is 0 Å². The molecule has 108 valence electrons. The van der Waals surface area contributed by atoms with Crippen LogP contribution in [0.15, 0.2) is 18.2 Å². The Labute approximate surface area is 114 Å². The number of hydrogen-bond donors (Lipinski definition) is 1. The molecule has 0 radical (unpaired) electrons. The molecule has 1 rings (SSSR count). The molecule has 0 heterocycles. The Hall–Kier alpha value is -1.30. The summed E-state index contributed by atoms with van der Waals surface area (Å²) in [7, 11) is 3.30. The van der Waals surface area contributed by atoms with Gasteiger partial charge >= 0.3 is 0 Å². The zero-order chi connectivity index (χ0) is 13.9. The molecule has 0 aromatic heterocycles. The highest BCUT2D eigenvalue weighted by atomic mass is 16.5. The maximum Gasteiger partial charge on any atom is 0.161 e. The number of methoxy groups -OCH3 is 2. The Balaban J connectivity index is 2.28. The molecule has 0 saturated carbocycles. The monoisotopic (exact) mass is 269 g/mol.